The lowest BCUT2D eigenvalue weighted by Crippen LogP contribution is -2.52. The fourth-order valence-electron chi connectivity index (χ4n) is 4.88. The molecule has 0 spiro atoms. The van der Waals surface area contributed by atoms with Gasteiger partial charge < -0.3 is 30.0 Å². The fourth-order valence-corrected chi connectivity index (χ4v) is 4.88. The van der Waals surface area contributed by atoms with Crippen molar-refractivity contribution >= 4 is 11.8 Å². The minimum absolute atomic E-state index is 0.00652. The molecule has 252 valence electrons. The Morgan fingerprint density at radius 2 is 1.68 bits per heavy atom. The number of aromatic nitrogens is 1. The molecular formula is C31H28F7N3O6. The second-order valence-electron chi connectivity index (χ2n) is 11.4. The number of rotatable bonds is 10. The van der Waals surface area contributed by atoms with Crippen LogP contribution in [0.15, 0.2) is 48.5 Å². The van der Waals surface area contributed by atoms with Gasteiger partial charge in [-0.05, 0) is 68.3 Å². The van der Waals surface area contributed by atoms with Gasteiger partial charge in [0.15, 0.2) is 11.5 Å². The molecule has 1 aliphatic carbocycles. The smallest absolute Gasteiger partial charge is 0.424 e. The number of hydrogen-bond donors (Lipinski definition) is 3. The third-order valence-corrected chi connectivity index (χ3v) is 7.78. The number of amides is 2. The Morgan fingerprint density at radius 3 is 2.28 bits per heavy atom. The average molecular weight is 672 g/mol. The highest BCUT2D eigenvalue weighted by molar-refractivity contribution is 5.95. The molecular weight excluding hydrogens is 643 g/mol. The van der Waals surface area contributed by atoms with Crippen LogP contribution in [-0.2, 0) is 15.8 Å². The molecule has 0 bridgehead atoms. The molecule has 2 aliphatic rings. The predicted octanol–water partition coefficient (Wildman–Crippen LogP) is 4.95. The first-order valence-electron chi connectivity index (χ1n) is 14.2. The molecule has 1 saturated carbocycles. The van der Waals surface area contributed by atoms with Crippen LogP contribution >= 0.6 is 0 Å². The summed E-state index contributed by atoms with van der Waals surface area (Å²) in [6, 6.07) is 8.94. The number of carbonyl (C=O) groups is 2. The molecule has 1 fully saturated rings. The van der Waals surface area contributed by atoms with Gasteiger partial charge in [-0.2, -0.15) is 26.3 Å². The number of pyridine rings is 1. The number of methoxy groups -OCH3 is 1. The highest BCUT2D eigenvalue weighted by atomic mass is 19.4. The van der Waals surface area contributed by atoms with E-state index in [0.29, 0.717) is 11.8 Å². The molecule has 0 radical (unpaired) electrons. The molecule has 2 heterocycles. The van der Waals surface area contributed by atoms with Crippen LogP contribution in [0.2, 0.25) is 0 Å². The zero-order valence-electron chi connectivity index (χ0n) is 24.8. The molecule has 2 amide bonds. The van der Waals surface area contributed by atoms with Crippen molar-refractivity contribution in [1.29, 1.82) is 0 Å². The topological polar surface area (TPSA) is 119 Å². The molecule has 5 rings (SSSR count). The van der Waals surface area contributed by atoms with Gasteiger partial charge in [-0.3, -0.25) is 9.59 Å². The van der Waals surface area contributed by atoms with Crippen molar-refractivity contribution in [1.82, 2.24) is 15.6 Å². The SMILES string of the molecule is COc1cc(C(=O)NCC(O)(c2cc3c(c(-c4ccc(F)cc4)n2)OC[C@]3(C)C(=O)NCC(F)(F)F)C(F)(F)F)ccc1OC1CC1. The van der Waals surface area contributed by atoms with Crippen molar-refractivity contribution in [3.05, 3.63) is 71.2 Å². The maximum atomic E-state index is 14.7. The van der Waals surface area contributed by atoms with Crippen molar-refractivity contribution in [2.45, 2.75) is 49.2 Å². The highest BCUT2D eigenvalue weighted by Gasteiger charge is 2.58. The first kappa shape index (κ1) is 33.8. The summed E-state index contributed by atoms with van der Waals surface area (Å²) in [6.45, 7) is -2.63. The van der Waals surface area contributed by atoms with Gasteiger partial charge in [0.2, 0.25) is 11.5 Å². The number of ether oxygens (including phenoxy) is 3. The molecule has 0 saturated heterocycles. The van der Waals surface area contributed by atoms with Gasteiger partial charge in [0.1, 0.15) is 35.8 Å². The highest BCUT2D eigenvalue weighted by Crippen LogP contribution is 2.48. The number of hydrogen-bond acceptors (Lipinski definition) is 7. The number of nitrogens with zero attached hydrogens (tertiary/aromatic N) is 1. The lowest BCUT2D eigenvalue weighted by atomic mass is 9.81. The normalized spacial score (nSPS) is 18.9. The third-order valence-electron chi connectivity index (χ3n) is 7.78. The Hall–Kier alpha value is -4.60. The molecule has 2 atom stereocenters. The molecule has 1 aromatic heterocycles. The van der Waals surface area contributed by atoms with E-state index in [2.05, 4.69) is 10.3 Å². The van der Waals surface area contributed by atoms with Crippen molar-refractivity contribution in [3.8, 4) is 28.5 Å². The van der Waals surface area contributed by atoms with Crippen LogP contribution in [0, 0.1) is 5.82 Å². The number of halogens is 7. The quantitative estimate of drug-likeness (QED) is 0.261. The molecule has 3 N–H and O–H groups in total. The average Bonchev–Trinajstić information content (AvgIpc) is 3.77. The summed E-state index contributed by atoms with van der Waals surface area (Å²) in [5.41, 5.74) is -7.73. The van der Waals surface area contributed by atoms with Gasteiger partial charge in [-0.25, -0.2) is 9.37 Å². The first-order valence-corrected chi connectivity index (χ1v) is 14.2. The number of benzene rings is 2. The number of fused-ring (bicyclic) bond motifs is 1. The van der Waals surface area contributed by atoms with Crippen molar-refractivity contribution < 1.29 is 59.6 Å². The zero-order valence-corrected chi connectivity index (χ0v) is 24.8. The van der Waals surface area contributed by atoms with Crippen molar-refractivity contribution in [3.63, 3.8) is 0 Å². The first-order chi connectivity index (χ1) is 21.9. The van der Waals surface area contributed by atoms with E-state index >= 15 is 0 Å². The molecule has 1 aliphatic heterocycles. The van der Waals surface area contributed by atoms with E-state index in [4.69, 9.17) is 14.2 Å². The molecule has 3 aromatic rings. The minimum Gasteiger partial charge on any atom is -0.493 e. The van der Waals surface area contributed by atoms with Crippen molar-refractivity contribution in [2.75, 3.05) is 26.8 Å². The van der Waals surface area contributed by atoms with Gasteiger partial charge in [0.25, 0.3) is 5.91 Å². The van der Waals surface area contributed by atoms with Crippen LogP contribution in [0.5, 0.6) is 17.2 Å². The van der Waals surface area contributed by atoms with E-state index in [1.807, 2.05) is 0 Å². The Bertz CT molecular complexity index is 1680. The van der Waals surface area contributed by atoms with Gasteiger partial charge >= 0.3 is 12.4 Å². The van der Waals surface area contributed by atoms with E-state index in [-0.39, 0.29) is 40.0 Å². The lowest BCUT2D eigenvalue weighted by Gasteiger charge is -2.31. The Kier molecular flexibility index (Phi) is 8.77. The second kappa shape index (κ2) is 12.2. The summed E-state index contributed by atoms with van der Waals surface area (Å²) < 4.78 is 113. The molecule has 2 aromatic carbocycles. The van der Waals surface area contributed by atoms with Crippen LogP contribution < -0.4 is 24.8 Å². The summed E-state index contributed by atoms with van der Waals surface area (Å²) in [5.74, 6) is -2.70. The zero-order chi connectivity index (χ0) is 34.4. The summed E-state index contributed by atoms with van der Waals surface area (Å²) >= 11 is 0. The van der Waals surface area contributed by atoms with Crippen LogP contribution in [0.3, 0.4) is 0 Å². The van der Waals surface area contributed by atoms with Gasteiger partial charge in [0.05, 0.1) is 25.5 Å². The Morgan fingerprint density at radius 1 is 1.00 bits per heavy atom. The number of carbonyl (C=O) groups excluding carboxylic acids is 2. The third kappa shape index (κ3) is 6.92. The van der Waals surface area contributed by atoms with E-state index in [1.165, 1.54) is 25.3 Å². The van der Waals surface area contributed by atoms with E-state index in [9.17, 15) is 45.4 Å². The minimum atomic E-state index is -5.49. The summed E-state index contributed by atoms with van der Waals surface area (Å²) in [6.07, 6.45) is -8.61. The van der Waals surface area contributed by atoms with Gasteiger partial charge in [-0.1, -0.05) is 0 Å². The monoisotopic (exact) mass is 671 g/mol. The number of alkyl halides is 6. The number of aliphatic hydroxyl groups is 1. The van der Waals surface area contributed by atoms with E-state index < -0.39 is 66.4 Å². The van der Waals surface area contributed by atoms with E-state index in [1.54, 1.807) is 5.32 Å². The predicted molar refractivity (Wildman–Crippen MR) is 150 cm³/mol. The van der Waals surface area contributed by atoms with Crippen LogP contribution in [0.4, 0.5) is 30.7 Å². The second-order valence-corrected chi connectivity index (χ2v) is 11.4. The van der Waals surface area contributed by atoms with Crippen LogP contribution in [-0.4, -0.2) is 67.2 Å². The number of nitrogens with one attached hydrogen (secondary N) is 2. The maximum Gasteiger partial charge on any atom is 0.424 e. The van der Waals surface area contributed by atoms with Crippen LogP contribution in [0.1, 0.15) is 41.4 Å². The summed E-state index contributed by atoms with van der Waals surface area (Å²) in [5, 5.41) is 15.0. The molecule has 16 heteroatoms. The lowest BCUT2D eigenvalue weighted by molar-refractivity contribution is -0.265. The Labute approximate surface area is 263 Å². The van der Waals surface area contributed by atoms with Crippen molar-refractivity contribution in [2.24, 2.45) is 0 Å². The maximum absolute atomic E-state index is 14.7. The Balaban J connectivity index is 1.53. The molecule has 47 heavy (non-hydrogen) atoms. The van der Waals surface area contributed by atoms with Gasteiger partial charge in [0, 0.05) is 16.7 Å². The molecule has 1 unspecified atom stereocenters. The standard InChI is InChI=1S/C31H28F7N3O6/c1-28(27(43)40-14-30(33,34)35)15-46-25-20(28)12-23(41-24(25)16-3-6-18(32)7-4-16)29(44,31(36,37)38)13-39-26(42)17-5-10-21(22(11-17)45-2)47-19-8-9-19/h3-7,10-12,19,44H,8-9,13-15H2,1-2H3,(H,39,42)(H,40,43)/t28-,29?/m0/s1. The van der Waals surface area contributed by atoms with E-state index in [0.717, 1.165) is 44.0 Å². The summed E-state index contributed by atoms with van der Waals surface area (Å²) in [7, 11) is 1.32. The largest absolute Gasteiger partial charge is 0.493 e. The molecule has 9 nitrogen and oxygen atoms in total. The fraction of sp³-hybridized carbons (Fsp3) is 0.387. The summed E-state index contributed by atoms with van der Waals surface area (Å²) in [4.78, 5) is 30.0. The van der Waals surface area contributed by atoms with Crippen LogP contribution in [0.25, 0.3) is 11.3 Å². The van der Waals surface area contributed by atoms with Gasteiger partial charge in [-0.15, -0.1) is 0 Å².